The van der Waals surface area contributed by atoms with Gasteiger partial charge in [-0.3, -0.25) is 4.79 Å². The first-order valence-corrected chi connectivity index (χ1v) is 10.4. The molecule has 31 heavy (non-hydrogen) atoms. The van der Waals surface area contributed by atoms with E-state index in [0.29, 0.717) is 54.8 Å². The van der Waals surface area contributed by atoms with Gasteiger partial charge in [0, 0.05) is 10.9 Å². The average Bonchev–Trinajstić information content (AvgIpc) is 3.20. The Morgan fingerprint density at radius 1 is 1.19 bits per heavy atom. The van der Waals surface area contributed by atoms with Gasteiger partial charge >= 0.3 is 6.61 Å². The van der Waals surface area contributed by atoms with Crippen molar-refractivity contribution in [2.75, 3.05) is 13.2 Å². The molecule has 0 unspecified atom stereocenters. The standard InChI is InChI=1S/C20H22ClF2N3O5/c21-12-1-4-14(5-2-12)28-10-17(27)24-13-3-6-16(29-9-13)19-26-25-18(31-19)11-7-15(8-11)30-20(22)23/h1-2,4-5,11,13,15-16,20H,3,6-10H2,(H,24,27)/t11-,13-,15+,16+/m0/s1. The molecule has 1 aliphatic carbocycles. The molecule has 4 rings (SSSR count). The van der Waals surface area contributed by atoms with Gasteiger partial charge in [0.2, 0.25) is 11.8 Å². The molecule has 2 heterocycles. The summed E-state index contributed by atoms with van der Waals surface area (Å²) < 4.78 is 45.8. The minimum Gasteiger partial charge on any atom is -0.484 e. The highest BCUT2D eigenvalue weighted by Crippen LogP contribution is 2.39. The van der Waals surface area contributed by atoms with Crippen LogP contribution < -0.4 is 10.1 Å². The number of hydrogen-bond acceptors (Lipinski definition) is 7. The molecule has 1 aromatic heterocycles. The Balaban J connectivity index is 1.17. The maximum absolute atomic E-state index is 12.2. The third-order valence-electron chi connectivity index (χ3n) is 5.30. The number of halogens is 3. The Morgan fingerprint density at radius 2 is 1.94 bits per heavy atom. The van der Waals surface area contributed by atoms with Crippen molar-refractivity contribution in [2.45, 2.75) is 56.5 Å². The van der Waals surface area contributed by atoms with E-state index in [1.54, 1.807) is 24.3 Å². The molecule has 2 aliphatic rings. The van der Waals surface area contributed by atoms with E-state index in [1.165, 1.54) is 0 Å². The van der Waals surface area contributed by atoms with Crippen LogP contribution in [0.15, 0.2) is 28.7 Å². The number of aromatic nitrogens is 2. The molecule has 2 atom stereocenters. The van der Waals surface area contributed by atoms with Gasteiger partial charge in [0.05, 0.1) is 18.8 Å². The smallest absolute Gasteiger partial charge is 0.345 e. The van der Waals surface area contributed by atoms with Crippen LogP contribution in [-0.2, 0) is 14.3 Å². The largest absolute Gasteiger partial charge is 0.484 e. The highest BCUT2D eigenvalue weighted by molar-refractivity contribution is 6.30. The van der Waals surface area contributed by atoms with E-state index < -0.39 is 12.7 Å². The van der Waals surface area contributed by atoms with Gasteiger partial charge in [-0.1, -0.05) is 11.6 Å². The van der Waals surface area contributed by atoms with Crippen LogP contribution >= 0.6 is 11.6 Å². The molecule has 8 nitrogen and oxygen atoms in total. The molecule has 2 fully saturated rings. The Hall–Kier alpha value is -2.30. The van der Waals surface area contributed by atoms with Gasteiger partial charge in [0.25, 0.3) is 5.91 Å². The zero-order valence-electron chi connectivity index (χ0n) is 16.5. The molecule has 1 amide bonds. The quantitative estimate of drug-likeness (QED) is 0.646. The fourth-order valence-electron chi connectivity index (χ4n) is 3.57. The van der Waals surface area contributed by atoms with Crippen molar-refractivity contribution in [3.05, 3.63) is 41.1 Å². The molecule has 0 spiro atoms. The van der Waals surface area contributed by atoms with E-state index in [9.17, 15) is 13.6 Å². The minimum absolute atomic E-state index is 0.0683. The summed E-state index contributed by atoms with van der Waals surface area (Å²) in [5, 5.41) is 11.5. The summed E-state index contributed by atoms with van der Waals surface area (Å²) in [5.74, 6) is 1.03. The summed E-state index contributed by atoms with van der Waals surface area (Å²) in [7, 11) is 0. The number of rotatable bonds is 8. The number of amides is 1. The van der Waals surface area contributed by atoms with E-state index in [2.05, 4.69) is 20.3 Å². The van der Waals surface area contributed by atoms with Crippen LogP contribution in [0.1, 0.15) is 49.5 Å². The van der Waals surface area contributed by atoms with E-state index in [1.807, 2.05) is 0 Å². The fraction of sp³-hybridized carbons (Fsp3) is 0.550. The summed E-state index contributed by atoms with van der Waals surface area (Å²) in [6, 6.07) is 6.62. The maximum Gasteiger partial charge on any atom is 0.345 e. The van der Waals surface area contributed by atoms with Gasteiger partial charge < -0.3 is 23.9 Å². The number of benzene rings is 1. The predicted octanol–water partition coefficient (Wildman–Crippen LogP) is 3.62. The first-order chi connectivity index (χ1) is 15.0. The third-order valence-corrected chi connectivity index (χ3v) is 5.55. The van der Waals surface area contributed by atoms with Crippen molar-refractivity contribution >= 4 is 17.5 Å². The Kier molecular flexibility index (Phi) is 6.99. The van der Waals surface area contributed by atoms with Gasteiger partial charge in [-0.15, -0.1) is 10.2 Å². The second-order valence-electron chi connectivity index (χ2n) is 7.57. The number of nitrogens with one attached hydrogen (secondary N) is 1. The second-order valence-corrected chi connectivity index (χ2v) is 8.01. The van der Waals surface area contributed by atoms with Gasteiger partial charge in [0.1, 0.15) is 11.9 Å². The number of ether oxygens (including phenoxy) is 3. The molecule has 1 saturated heterocycles. The molecular weight excluding hydrogens is 436 g/mol. The SMILES string of the molecule is O=C(COc1ccc(Cl)cc1)N[C@H]1CC[C@H](c2nnc([C@H]3C[C@@H](OC(F)F)C3)o2)OC1. The second kappa shape index (κ2) is 9.88. The molecular formula is C20H22ClF2N3O5. The van der Waals surface area contributed by atoms with Crippen LogP contribution in [0.3, 0.4) is 0 Å². The molecule has 2 aromatic rings. The van der Waals surface area contributed by atoms with Gasteiger partial charge in [-0.2, -0.15) is 8.78 Å². The zero-order chi connectivity index (χ0) is 21.8. The van der Waals surface area contributed by atoms with Gasteiger partial charge in [0.15, 0.2) is 6.61 Å². The molecule has 1 aromatic carbocycles. The molecule has 1 N–H and O–H groups in total. The summed E-state index contributed by atoms with van der Waals surface area (Å²) >= 11 is 5.81. The Morgan fingerprint density at radius 3 is 2.61 bits per heavy atom. The van der Waals surface area contributed by atoms with Crippen LogP contribution in [0.25, 0.3) is 0 Å². The van der Waals surface area contributed by atoms with Crippen LogP contribution in [0, 0.1) is 0 Å². The number of nitrogens with zero attached hydrogens (tertiary/aromatic N) is 2. The molecule has 11 heteroatoms. The van der Waals surface area contributed by atoms with Crippen molar-refractivity contribution in [2.24, 2.45) is 0 Å². The zero-order valence-corrected chi connectivity index (χ0v) is 17.3. The van der Waals surface area contributed by atoms with Crippen molar-refractivity contribution in [1.82, 2.24) is 15.5 Å². The molecule has 168 valence electrons. The van der Waals surface area contributed by atoms with E-state index >= 15 is 0 Å². The van der Waals surface area contributed by atoms with Crippen LogP contribution in [0.5, 0.6) is 5.75 Å². The molecule has 0 radical (unpaired) electrons. The Labute approximate surface area is 182 Å². The first-order valence-electron chi connectivity index (χ1n) is 10.0. The lowest BCUT2D eigenvalue weighted by Gasteiger charge is -2.32. The van der Waals surface area contributed by atoms with Crippen molar-refractivity contribution in [1.29, 1.82) is 0 Å². The lowest BCUT2D eigenvalue weighted by Crippen LogP contribution is -2.43. The lowest BCUT2D eigenvalue weighted by molar-refractivity contribution is -0.185. The summed E-state index contributed by atoms with van der Waals surface area (Å²) in [5.41, 5.74) is 0. The molecule has 1 aliphatic heterocycles. The molecule has 0 bridgehead atoms. The maximum atomic E-state index is 12.2. The normalized spacial score (nSPS) is 25.8. The summed E-state index contributed by atoms with van der Waals surface area (Å²) in [4.78, 5) is 12.1. The van der Waals surface area contributed by atoms with Gasteiger partial charge in [-0.05, 0) is 49.9 Å². The molecule has 1 saturated carbocycles. The van der Waals surface area contributed by atoms with Crippen molar-refractivity contribution < 1.29 is 32.2 Å². The minimum atomic E-state index is -2.77. The topological polar surface area (TPSA) is 95.7 Å². The monoisotopic (exact) mass is 457 g/mol. The number of carbonyl (C=O) groups is 1. The highest BCUT2D eigenvalue weighted by atomic mass is 35.5. The van der Waals surface area contributed by atoms with E-state index in [4.69, 9.17) is 25.5 Å². The van der Waals surface area contributed by atoms with E-state index in [-0.39, 0.29) is 30.6 Å². The Bertz CT molecular complexity index is 868. The van der Waals surface area contributed by atoms with Crippen LogP contribution in [0.2, 0.25) is 5.02 Å². The van der Waals surface area contributed by atoms with E-state index in [0.717, 1.165) is 0 Å². The fourth-order valence-corrected chi connectivity index (χ4v) is 3.70. The predicted molar refractivity (Wildman–Crippen MR) is 104 cm³/mol. The van der Waals surface area contributed by atoms with Crippen LogP contribution in [-0.4, -0.2) is 48.1 Å². The van der Waals surface area contributed by atoms with Gasteiger partial charge in [-0.25, -0.2) is 0 Å². The first kappa shape index (κ1) is 21.9. The highest BCUT2D eigenvalue weighted by Gasteiger charge is 2.37. The number of alkyl halides is 2. The third kappa shape index (κ3) is 5.90. The summed E-state index contributed by atoms with van der Waals surface area (Å²) in [6.45, 7) is -2.56. The average molecular weight is 458 g/mol. The van der Waals surface area contributed by atoms with Crippen LogP contribution in [0.4, 0.5) is 8.78 Å². The number of hydrogen-bond donors (Lipinski definition) is 1. The number of carbonyl (C=O) groups excluding carboxylic acids is 1. The lowest BCUT2D eigenvalue weighted by atomic mass is 9.82. The summed E-state index contributed by atoms with van der Waals surface area (Å²) in [6.07, 6.45) is 1.33. The van der Waals surface area contributed by atoms with Crippen molar-refractivity contribution in [3.63, 3.8) is 0 Å². The van der Waals surface area contributed by atoms with Crippen molar-refractivity contribution in [3.8, 4) is 5.75 Å².